The van der Waals surface area contributed by atoms with Gasteiger partial charge in [-0.15, -0.1) is 0 Å². The summed E-state index contributed by atoms with van der Waals surface area (Å²) in [5.41, 5.74) is 1.12. The fourth-order valence-electron chi connectivity index (χ4n) is 5.84. The molecule has 1 saturated carbocycles. The topological polar surface area (TPSA) is 79.9 Å². The molecule has 0 unspecified atom stereocenters. The zero-order chi connectivity index (χ0) is 24.9. The summed E-state index contributed by atoms with van der Waals surface area (Å²) in [7, 11) is 3.35. The third-order valence-electron chi connectivity index (χ3n) is 7.57. The van der Waals surface area contributed by atoms with Gasteiger partial charge in [0.2, 0.25) is 5.91 Å². The van der Waals surface area contributed by atoms with E-state index >= 15 is 0 Å². The Bertz CT molecular complexity index is 754. The number of carbonyl (C=O) groups excluding carboxylic acids is 2. The maximum Gasteiger partial charge on any atom is 0.406 e. The van der Waals surface area contributed by atoms with Crippen molar-refractivity contribution < 1.29 is 19.1 Å². The molecule has 3 rings (SSSR count). The summed E-state index contributed by atoms with van der Waals surface area (Å²) in [6.45, 7) is 3.24. The van der Waals surface area contributed by atoms with Gasteiger partial charge < -0.3 is 25.0 Å². The highest BCUT2D eigenvalue weighted by atomic mass is 16.5. The average Bonchev–Trinajstić information content (AvgIpc) is 2.89. The minimum absolute atomic E-state index is 0.110. The van der Waals surface area contributed by atoms with Crippen LogP contribution in [0.3, 0.4) is 0 Å². The number of hydrogen-bond acceptors (Lipinski definition) is 5. The van der Waals surface area contributed by atoms with Crippen molar-refractivity contribution in [2.24, 2.45) is 17.8 Å². The summed E-state index contributed by atoms with van der Waals surface area (Å²) >= 11 is 0. The fraction of sp³-hybridized carbons (Fsp3) is 0.714. The number of benzene rings is 1. The summed E-state index contributed by atoms with van der Waals surface area (Å²) in [4.78, 5) is 26.8. The third-order valence-corrected chi connectivity index (χ3v) is 7.57. The Morgan fingerprint density at radius 2 is 1.86 bits per heavy atom. The van der Waals surface area contributed by atoms with E-state index in [1.54, 1.807) is 0 Å². The number of amides is 2. The van der Waals surface area contributed by atoms with Crippen molar-refractivity contribution >= 4 is 12.0 Å². The van der Waals surface area contributed by atoms with Crippen molar-refractivity contribution in [2.75, 3.05) is 46.9 Å². The number of nitrogens with one attached hydrogen (secondary N) is 2. The number of ether oxygens (including phenoxy) is 2. The number of hydrogen-bond donors (Lipinski definition) is 2. The lowest BCUT2D eigenvalue weighted by molar-refractivity contribution is -0.135. The second-order valence-electron chi connectivity index (χ2n) is 10.2. The first-order valence-electron chi connectivity index (χ1n) is 13.5. The molecule has 0 aromatic heterocycles. The van der Waals surface area contributed by atoms with Crippen LogP contribution in [0.5, 0.6) is 0 Å². The molecule has 196 valence electrons. The van der Waals surface area contributed by atoms with Gasteiger partial charge in [0.05, 0.1) is 19.8 Å². The Balaban J connectivity index is 1.59. The van der Waals surface area contributed by atoms with Gasteiger partial charge in [-0.05, 0) is 50.3 Å². The van der Waals surface area contributed by atoms with Crippen LogP contribution >= 0.6 is 0 Å². The van der Waals surface area contributed by atoms with Gasteiger partial charge in [-0.2, -0.15) is 0 Å². The number of likely N-dealkylation sites (tertiary alicyclic amines) is 1. The zero-order valence-corrected chi connectivity index (χ0v) is 21.7. The molecule has 7 heteroatoms. The molecule has 7 nitrogen and oxygen atoms in total. The number of rotatable bonds is 12. The molecule has 2 aliphatic rings. The van der Waals surface area contributed by atoms with Gasteiger partial charge in [-0.3, -0.25) is 4.79 Å². The second kappa shape index (κ2) is 15.1. The molecule has 1 aliphatic heterocycles. The molecule has 0 bridgehead atoms. The molecule has 0 spiro atoms. The number of piperidine rings is 1. The standard InChI is InChI=1S/C28H45N3O4/c1-29-20-23(18-22-10-5-3-6-11-22)19-26(32)31-16-9-14-25(21-31)27(24-12-7-4-8-13-24)35-17-15-30-28(33)34-2/h4,7-8,12-13,22-23,25,27,29H,3,5-6,9-11,14-21H2,1-2H3,(H,30,33)/t23-,25-,27+/m1/s1. The number of methoxy groups -OCH3 is 1. The lowest BCUT2D eigenvalue weighted by atomic mass is 9.81. The maximum atomic E-state index is 13.4. The van der Waals surface area contributed by atoms with Crippen LogP contribution in [-0.2, 0) is 14.3 Å². The molecule has 2 amide bonds. The first-order chi connectivity index (χ1) is 17.1. The number of alkyl carbamates (subject to hydrolysis) is 1. The third kappa shape index (κ3) is 9.12. The summed E-state index contributed by atoms with van der Waals surface area (Å²) in [5.74, 6) is 1.69. The Morgan fingerprint density at radius 3 is 2.57 bits per heavy atom. The summed E-state index contributed by atoms with van der Waals surface area (Å²) in [6.07, 6.45) is 9.93. The molecule has 1 aliphatic carbocycles. The van der Waals surface area contributed by atoms with Crippen molar-refractivity contribution in [2.45, 2.75) is 63.9 Å². The lowest BCUT2D eigenvalue weighted by Gasteiger charge is -2.38. The van der Waals surface area contributed by atoms with Crippen LogP contribution in [0.4, 0.5) is 4.79 Å². The minimum Gasteiger partial charge on any atom is -0.453 e. The number of nitrogens with zero attached hydrogens (tertiary/aromatic N) is 1. The van der Waals surface area contributed by atoms with E-state index in [1.807, 2.05) is 25.2 Å². The fourth-order valence-corrected chi connectivity index (χ4v) is 5.84. The van der Waals surface area contributed by atoms with E-state index in [-0.39, 0.29) is 17.9 Å². The highest BCUT2D eigenvalue weighted by Crippen LogP contribution is 2.34. The molecule has 35 heavy (non-hydrogen) atoms. The van der Waals surface area contributed by atoms with E-state index < -0.39 is 6.09 Å². The van der Waals surface area contributed by atoms with Gasteiger partial charge in [0, 0.05) is 32.0 Å². The molecule has 1 aromatic carbocycles. The minimum atomic E-state index is -0.455. The first kappa shape index (κ1) is 27.5. The van der Waals surface area contributed by atoms with E-state index in [0.29, 0.717) is 25.5 Å². The average molecular weight is 488 g/mol. The lowest BCUT2D eigenvalue weighted by Crippen LogP contribution is -2.43. The van der Waals surface area contributed by atoms with Gasteiger partial charge in [-0.25, -0.2) is 4.79 Å². The van der Waals surface area contributed by atoms with Crippen LogP contribution < -0.4 is 10.6 Å². The van der Waals surface area contributed by atoms with Gasteiger partial charge in [0.15, 0.2) is 0 Å². The predicted molar refractivity (Wildman–Crippen MR) is 138 cm³/mol. The van der Waals surface area contributed by atoms with Crippen molar-refractivity contribution in [3.8, 4) is 0 Å². The van der Waals surface area contributed by atoms with E-state index in [4.69, 9.17) is 4.74 Å². The van der Waals surface area contributed by atoms with E-state index in [9.17, 15) is 9.59 Å². The van der Waals surface area contributed by atoms with Crippen molar-refractivity contribution in [3.05, 3.63) is 35.9 Å². The molecular weight excluding hydrogens is 442 g/mol. The predicted octanol–water partition coefficient (Wildman–Crippen LogP) is 4.54. The normalized spacial score (nSPS) is 20.7. The zero-order valence-electron chi connectivity index (χ0n) is 21.7. The summed E-state index contributed by atoms with van der Waals surface area (Å²) < 4.78 is 10.9. The van der Waals surface area contributed by atoms with Crippen molar-refractivity contribution in [1.82, 2.24) is 15.5 Å². The van der Waals surface area contributed by atoms with E-state index in [2.05, 4.69) is 32.4 Å². The highest BCUT2D eigenvalue weighted by molar-refractivity contribution is 5.76. The highest BCUT2D eigenvalue weighted by Gasteiger charge is 2.32. The molecule has 1 heterocycles. The Morgan fingerprint density at radius 1 is 1.09 bits per heavy atom. The Labute approximate surface area is 211 Å². The van der Waals surface area contributed by atoms with Crippen LogP contribution in [0.1, 0.15) is 69.5 Å². The monoisotopic (exact) mass is 487 g/mol. The largest absolute Gasteiger partial charge is 0.453 e. The second-order valence-corrected chi connectivity index (χ2v) is 10.2. The molecule has 0 radical (unpaired) electrons. The molecule has 1 aromatic rings. The quantitative estimate of drug-likeness (QED) is 0.423. The summed E-state index contributed by atoms with van der Waals surface area (Å²) in [6, 6.07) is 10.2. The van der Waals surface area contributed by atoms with Crippen LogP contribution in [0, 0.1) is 17.8 Å². The van der Waals surface area contributed by atoms with E-state index in [1.165, 1.54) is 39.2 Å². The van der Waals surface area contributed by atoms with Crippen LogP contribution in [0.2, 0.25) is 0 Å². The van der Waals surface area contributed by atoms with Gasteiger partial charge in [0.1, 0.15) is 0 Å². The molecule has 2 fully saturated rings. The number of carbonyl (C=O) groups is 2. The Hall–Kier alpha value is -2.12. The SMILES string of the molecule is CNC[C@@H](CC(=O)N1CCC[C@@H]([C@@H](OCCNC(=O)OC)c2ccccc2)C1)CC1CCCCC1. The van der Waals surface area contributed by atoms with Crippen molar-refractivity contribution in [1.29, 1.82) is 0 Å². The van der Waals surface area contributed by atoms with Gasteiger partial charge in [0.25, 0.3) is 0 Å². The van der Waals surface area contributed by atoms with Crippen molar-refractivity contribution in [3.63, 3.8) is 0 Å². The first-order valence-corrected chi connectivity index (χ1v) is 13.5. The molecule has 3 atom stereocenters. The smallest absolute Gasteiger partial charge is 0.406 e. The van der Waals surface area contributed by atoms with Crippen LogP contribution in [-0.4, -0.2) is 63.8 Å². The molecular formula is C28H45N3O4. The Kier molecular flexibility index (Phi) is 11.8. The van der Waals surface area contributed by atoms with Gasteiger partial charge >= 0.3 is 6.09 Å². The van der Waals surface area contributed by atoms with Crippen LogP contribution in [0.25, 0.3) is 0 Å². The molecule has 1 saturated heterocycles. The maximum absolute atomic E-state index is 13.4. The molecule has 2 N–H and O–H groups in total. The van der Waals surface area contributed by atoms with Crippen LogP contribution in [0.15, 0.2) is 30.3 Å². The van der Waals surface area contributed by atoms with E-state index in [0.717, 1.165) is 50.4 Å². The summed E-state index contributed by atoms with van der Waals surface area (Å²) in [5, 5.41) is 6.00. The van der Waals surface area contributed by atoms with Gasteiger partial charge in [-0.1, -0.05) is 62.4 Å².